The van der Waals surface area contributed by atoms with Crippen LogP contribution >= 0.6 is 11.6 Å². The molecule has 0 aliphatic carbocycles. The standard InChI is InChI=1S/C15H18ClN5/c1-11-10-18-15(17)19-14(11)21-8-6-20(7-9-21)13-5-3-2-4-12(13)16/h2-5,10H,6-9H2,1H3,(H2,17,18,19). The molecule has 1 aromatic carbocycles. The van der Waals surface area contributed by atoms with Crippen molar-refractivity contribution in [2.24, 2.45) is 0 Å². The van der Waals surface area contributed by atoms with Crippen LogP contribution in [0.4, 0.5) is 17.5 Å². The van der Waals surface area contributed by atoms with Crippen LogP contribution in [-0.4, -0.2) is 36.1 Å². The van der Waals surface area contributed by atoms with Crippen LogP contribution in [0.5, 0.6) is 0 Å². The van der Waals surface area contributed by atoms with Gasteiger partial charge in [-0.1, -0.05) is 23.7 Å². The molecule has 1 aliphatic rings. The summed E-state index contributed by atoms with van der Waals surface area (Å²) in [4.78, 5) is 12.9. The van der Waals surface area contributed by atoms with Crippen molar-refractivity contribution in [3.8, 4) is 0 Å². The van der Waals surface area contributed by atoms with Gasteiger partial charge in [-0.05, 0) is 19.1 Å². The van der Waals surface area contributed by atoms with Crippen LogP contribution in [0.3, 0.4) is 0 Å². The van der Waals surface area contributed by atoms with Crippen molar-refractivity contribution in [3.05, 3.63) is 41.0 Å². The van der Waals surface area contributed by atoms with Crippen LogP contribution in [-0.2, 0) is 0 Å². The first-order valence-corrected chi connectivity index (χ1v) is 7.36. The van der Waals surface area contributed by atoms with Crippen molar-refractivity contribution in [2.75, 3.05) is 41.7 Å². The Morgan fingerprint density at radius 2 is 1.76 bits per heavy atom. The summed E-state index contributed by atoms with van der Waals surface area (Å²) in [5.41, 5.74) is 7.84. The molecule has 21 heavy (non-hydrogen) atoms. The molecule has 5 nitrogen and oxygen atoms in total. The molecule has 2 aromatic rings. The van der Waals surface area contributed by atoms with E-state index in [1.807, 2.05) is 25.1 Å². The van der Waals surface area contributed by atoms with Gasteiger partial charge < -0.3 is 15.5 Å². The molecule has 3 rings (SSSR count). The first kappa shape index (κ1) is 13.9. The number of nitrogens with two attached hydrogens (primary N) is 1. The third-order valence-corrected chi connectivity index (χ3v) is 4.06. The summed E-state index contributed by atoms with van der Waals surface area (Å²) in [5.74, 6) is 1.26. The van der Waals surface area contributed by atoms with E-state index in [1.165, 1.54) is 0 Å². The molecule has 0 unspecified atom stereocenters. The number of anilines is 3. The minimum atomic E-state index is 0.323. The molecule has 1 fully saturated rings. The fourth-order valence-electron chi connectivity index (χ4n) is 2.63. The van der Waals surface area contributed by atoms with Gasteiger partial charge in [0.05, 0.1) is 10.7 Å². The molecule has 110 valence electrons. The monoisotopic (exact) mass is 303 g/mol. The Labute approximate surface area is 129 Å². The van der Waals surface area contributed by atoms with Crippen LogP contribution in [0.15, 0.2) is 30.5 Å². The summed E-state index contributed by atoms with van der Waals surface area (Å²) in [6, 6.07) is 7.96. The molecular formula is C15H18ClN5. The molecule has 1 aromatic heterocycles. The number of hydrogen-bond acceptors (Lipinski definition) is 5. The number of piperazine rings is 1. The second-order valence-electron chi connectivity index (χ2n) is 5.16. The maximum atomic E-state index is 6.26. The molecule has 0 atom stereocenters. The predicted octanol–water partition coefficient (Wildman–Crippen LogP) is 2.35. The van der Waals surface area contributed by atoms with E-state index in [-0.39, 0.29) is 0 Å². The highest BCUT2D eigenvalue weighted by atomic mass is 35.5. The number of nitrogen functional groups attached to an aromatic ring is 1. The largest absolute Gasteiger partial charge is 0.368 e. The topological polar surface area (TPSA) is 58.3 Å². The molecule has 1 aliphatic heterocycles. The Morgan fingerprint density at radius 1 is 1.10 bits per heavy atom. The summed E-state index contributed by atoms with van der Waals surface area (Å²) in [5, 5.41) is 0.799. The van der Waals surface area contributed by atoms with Crippen molar-refractivity contribution >= 4 is 29.1 Å². The highest BCUT2D eigenvalue weighted by Crippen LogP contribution is 2.27. The third kappa shape index (κ3) is 2.88. The zero-order chi connectivity index (χ0) is 14.8. The van der Waals surface area contributed by atoms with Crippen LogP contribution in [0.25, 0.3) is 0 Å². The van der Waals surface area contributed by atoms with E-state index in [0.717, 1.165) is 48.3 Å². The second-order valence-corrected chi connectivity index (χ2v) is 5.57. The molecule has 2 N–H and O–H groups in total. The van der Waals surface area contributed by atoms with Crippen LogP contribution in [0.2, 0.25) is 5.02 Å². The first-order chi connectivity index (χ1) is 10.1. The van der Waals surface area contributed by atoms with Crippen molar-refractivity contribution in [3.63, 3.8) is 0 Å². The Balaban J connectivity index is 1.73. The SMILES string of the molecule is Cc1cnc(N)nc1N1CCN(c2ccccc2Cl)CC1. The van der Waals surface area contributed by atoms with Crippen molar-refractivity contribution in [2.45, 2.75) is 6.92 Å². The molecular weight excluding hydrogens is 286 g/mol. The highest BCUT2D eigenvalue weighted by molar-refractivity contribution is 6.33. The molecule has 0 radical (unpaired) electrons. The van der Waals surface area contributed by atoms with Crippen molar-refractivity contribution in [1.82, 2.24) is 9.97 Å². The third-order valence-electron chi connectivity index (χ3n) is 3.74. The van der Waals surface area contributed by atoms with Gasteiger partial charge >= 0.3 is 0 Å². The first-order valence-electron chi connectivity index (χ1n) is 6.98. The number of nitrogens with zero attached hydrogens (tertiary/aromatic N) is 4. The van der Waals surface area contributed by atoms with E-state index in [0.29, 0.717) is 5.95 Å². The van der Waals surface area contributed by atoms with Crippen molar-refractivity contribution in [1.29, 1.82) is 0 Å². The second kappa shape index (κ2) is 5.77. The quantitative estimate of drug-likeness (QED) is 0.923. The minimum absolute atomic E-state index is 0.323. The summed E-state index contributed by atoms with van der Waals surface area (Å²) in [6.45, 7) is 5.61. The van der Waals surface area contributed by atoms with Crippen LogP contribution < -0.4 is 15.5 Å². The summed E-state index contributed by atoms with van der Waals surface area (Å²) < 4.78 is 0. The van der Waals surface area contributed by atoms with E-state index < -0.39 is 0 Å². The lowest BCUT2D eigenvalue weighted by Gasteiger charge is -2.37. The molecule has 0 saturated carbocycles. The maximum Gasteiger partial charge on any atom is 0.221 e. The summed E-state index contributed by atoms with van der Waals surface area (Å²) in [6.07, 6.45) is 1.78. The zero-order valence-corrected chi connectivity index (χ0v) is 12.7. The van der Waals surface area contributed by atoms with Gasteiger partial charge in [0.1, 0.15) is 5.82 Å². The average Bonchev–Trinajstić information content (AvgIpc) is 2.50. The van der Waals surface area contributed by atoms with Crippen LogP contribution in [0.1, 0.15) is 5.56 Å². The van der Waals surface area contributed by atoms with E-state index in [4.69, 9.17) is 17.3 Å². The number of rotatable bonds is 2. The number of benzene rings is 1. The molecule has 0 spiro atoms. The van der Waals surface area contributed by atoms with Gasteiger partial charge in [-0.3, -0.25) is 0 Å². The lowest BCUT2D eigenvalue weighted by molar-refractivity contribution is 0.645. The number of para-hydroxylation sites is 1. The fourth-order valence-corrected chi connectivity index (χ4v) is 2.89. The van der Waals surface area contributed by atoms with E-state index >= 15 is 0 Å². The number of aromatic nitrogens is 2. The summed E-state index contributed by atoms with van der Waals surface area (Å²) in [7, 11) is 0. The fraction of sp³-hybridized carbons (Fsp3) is 0.333. The van der Waals surface area contributed by atoms with Crippen LogP contribution in [0, 0.1) is 6.92 Å². The van der Waals surface area contributed by atoms with Crippen molar-refractivity contribution < 1.29 is 0 Å². The Morgan fingerprint density at radius 3 is 2.48 bits per heavy atom. The molecule has 0 amide bonds. The molecule has 0 bridgehead atoms. The zero-order valence-electron chi connectivity index (χ0n) is 12.0. The summed E-state index contributed by atoms with van der Waals surface area (Å²) >= 11 is 6.26. The minimum Gasteiger partial charge on any atom is -0.368 e. The lowest BCUT2D eigenvalue weighted by Crippen LogP contribution is -2.47. The van der Waals surface area contributed by atoms with Gasteiger partial charge in [-0.25, -0.2) is 4.98 Å². The van der Waals surface area contributed by atoms with Gasteiger partial charge in [0.2, 0.25) is 5.95 Å². The number of halogens is 1. The van der Waals surface area contributed by atoms with E-state index in [1.54, 1.807) is 6.20 Å². The van der Waals surface area contributed by atoms with Gasteiger partial charge in [-0.15, -0.1) is 0 Å². The normalized spacial score (nSPS) is 15.3. The van der Waals surface area contributed by atoms with E-state index in [9.17, 15) is 0 Å². The molecule has 1 saturated heterocycles. The van der Waals surface area contributed by atoms with E-state index in [2.05, 4.69) is 25.8 Å². The van der Waals surface area contributed by atoms with Gasteiger partial charge in [0.15, 0.2) is 0 Å². The highest BCUT2D eigenvalue weighted by Gasteiger charge is 2.21. The number of aryl methyl sites for hydroxylation is 1. The Hall–Kier alpha value is -2.01. The predicted molar refractivity (Wildman–Crippen MR) is 87.1 cm³/mol. The lowest BCUT2D eigenvalue weighted by atomic mass is 10.2. The average molecular weight is 304 g/mol. The van der Waals surface area contributed by atoms with Gasteiger partial charge in [-0.2, -0.15) is 4.98 Å². The Bertz CT molecular complexity index is 638. The molecule has 2 heterocycles. The number of hydrogen-bond donors (Lipinski definition) is 1. The maximum absolute atomic E-state index is 6.26. The smallest absolute Gasteiger partial charge is 0.221 e. The van der Waals surface area contributed by atoms with Gasteiger partial charge in [0.25, 0.3) is 0 Å². The Kier molecular flexibility index (Phi) is 3.84. The molecule has 6 heteroatoms. The van der Waals surface area contributed by atoms with Gasteiger partial charge in [0, 0.05) is 37.9 Å².